The largest absolute Gasteiger partial charge is 0.470 e. The van der Waals surface area contributed by atoms with Gasteiger partial charge < -0.3 is 29.4 Å². The highest BCUT2D eigenvalue weighted by molar-refractivity contribution is 7.14. The van der Waals surface area contributed by atoms with Crippen molar-refractivity contribution in [2.75, 3.05) is 31.7 Å². The van der Waals surface area contributed by atoms with Crippen molar-refractivity contribution in [3.05, 3.63) is 41.7 Å². The molecular formula is C23H25N7O4S. The van der Waals surface area contributed by atoms with Crippen LogP contribution in [0.4, 0.5) is 10.9 Å². The molecule has 2 fully saturated rings. The average molecular weight is 496 g/mol. The Morgan fingerprint density at radius 2 is 2.11 bits per heavy atom. The van der Waals surface area contributed by atoms with E-state index in [2.05, 4.69) is 15.7 Å². The van der Waals surface area contributed by atoms with Gasteiger partial charge in [-0.25, -0.2) is 4.98 Å². The fourth-order valence-electron chi connectivity index (χ4n) is 4.21. The van der Waals surface area contributed by atoms with Crippen molar-refractivity contribution in [2.24, 2.45) is 7.05 Å². The fraction of sp³-hybridized carbons (Fsp3) is 0.391. The summed E-state index contributed by atoms with van der Waals surface area (Å²) in [4.78, 5) is 22.0. The number of nitrogens with one attached hydrogen (secondary N) is 2. The normalized spacial score (nSPS) is 19.9. The van der Waals surface area contributed by atoms with Gasteiger partial charge in [-0.05, 0) is 18.6 Å². The SMILES string of the molecule is Cn1cc(-n2ccc3nc(Nc4cc(C(=O)N[C@@H]5CCOC5)cs4)nc(O[C@H]4CCOC4)c32)cn1. The number of thiophene rings is 1. The van der Waals surface area contributed by atoms with Crippen LogP contribution in [0.5, 0.6) is 5.88 Å². The zero-order chi connectivity index (χ0) is 23.8. The molecule has 11 nitrogen and oxygen atoms in total. The number of amides is 1. The van der Waals surface area contributed by atoms with E-state index in [1.165, 1.54) is 11.3 Å². The molecule has 0 aromatic carbocycles. The molecule has 4 aromatic rings. The van der Waals surface area contributed by atoms with Gasteiger partial charge in [0, 0.05) is 37.8 Å². The Morgan fingerprint density at radius 3 is 2.89 bits per heavy atom. The van der Waals surface area contributed by atoms with Crippen LogP contribution in [0.25, 0.3) is 16.7 Å². The van der Waals surface area contributed by atoms with Crippen molar-refractivity contribution in [3.8, 4) is 11.6 Å². The van der Waals surface area contributed by atoms with E-state index in [-0.39, 0.29) is 18.1 Å². The minimum Gasteiger partial charge on any atom is -0.470 e. The van der Waals surface area contributed by atoms with E-state index in [1.807, 2.05) is 35.5 Å². The predicted octanol–water partition coefficient (Wildman–Crippen LogP) is 2.65. The number of anilines is 2. The Hall–Kier alpha value is -3.48. The lowest BCUT2D eigenvalue weighted by molar-refractivity contribution is 0.0930. The number of fused-ring (bicyclic) bond motifs is 1. The van der Waals surface area contributed by atoms with Crippen LogP contribution in [0.2, 0.25) is 0 Å². The predicted molar refractivity (Wildman–Crippen MR) is 130 cm³/mol. The number of carbonyl (C=O) groups is 1. The van der Waals surface area contributed by atoms with Gasteiger partial charge in [0.1, 0.15) is 11.6 Å². The van der Waals surface area contributed by atoms with Crippen LogP contribution >= 0.6 is 11.3 Å². The van der Waals surface area contributed by atoms with Crippen LogP contribution in [0.15, 0.2) is 36.1 Å². The van der Waals surface area contributed by atoms with E-state index in [0.717, 1.165) is 34.6 Å². The summed E-state index contributed by atoms with van der Waals surface area (Å²) in [5.41, 5.74) is 2.98. The summed E-state index contributed by atoms with van der Waals surface area (Å²) in [6.45, 7) is 2.43. The highest BCUT2D eigenvalue weighted by atomic mass is 32.1. The maximum Gasteiger partial charge on any atom is 0.252 e. The quantitative estimate of drug-likeness (QED) is 0.402. The smallest absolute Gasteiger partial charge is 0.252 e. The van der Waals surface area contributed by atoms with Crippen molar-refractivity contribution >= 4 is 39.2 Å². The molecule has 182 valence electrons. The molecule has 0 spiro atoms. The van der Waals surface area contributed by atoms with Crippen LogP contribution in [0.1, 0.15) is 23.2 Å². The van der Waals surface area contributed by atoms with Crippen LogP contribution in [-0.2, 0) is 16.5 Å². The van der Waals surface area contributed by atoms with E-state index in [1.54, 1.807) is 16.9 Å². The van der Waals surface area contributed by atoms with Gasteiger partial charge in [0.2, 0.25) is 11.8 Å². The molecule has 1 amide bonds. The fourth-order valence-corrected chi connectivity index (χ4v) is 4.99. The van der Waals surface area contributed by atoms with Gasteiger partial charge in [-0.15, -0.1) is 11.3 Å². The minimum absolute atomic E-state index is 0.0627. The van der Waals surface area contributed by atoms with E-state index < -0.39 is 0 Å². The van der Waals surface area contributed by atoms with Gasteiger partial charge in [0.05, 0.1) is 53.8 Å². The molecule has 4 aromatic heterocycles. The molecule has 2 aliphatic heterocycles. The molecule has 2 N–H and O–H groups in total. The van der Waals surface area contributed by atoms with Crippen molar-refractivity contribution in [3.63, 3.8) is 0 Å². The number of rotatable bonds is 7. The number of nitrogens with zero attached hydrogens (tertiary/aromatic N) is 5. The van der Waals surface area contributed by atoms with Gasteiger partial charge in [-0.2, -0.15) is 10.1 Å². The van der Waals surface area contributed by atoms with E-state index in [4.69, 9.17) is 24.2 Å². The maximum absolute atomic E-state index is 12.6. The minimum atomic E-state index is -0.111. The lowest BCUT2D eigenvalue weighted by Gasteiger charge is -2.14. The lowest BCUT2D eigenvalue weighted by Crippen LogP contribution is -2.34. The van der Waals surface area contributed by atoms with E-state index in [0.29, 0.717) is 43.8 Å². The molecule has 2 saturated heterocycles. The summed E-state index contributed by atoms with van der Waals surface area (Å²) in [7, 11) is 1.87. The van der Waals surface area contributed by atoms with Gasteiger partial charge in [0.25, 0.3) is 5.91 Å². The van der Waals surface area contributed by atoms with Gasteiger partial charge >= 0.3 is 0 Å². The third kappa shape index (κ3) is 4.59. The number of hydrogen-bond donors (Lipinski definition) is 2. The molecule has 0 radical (unpaired) electrons. The summed E-state index contributed by atoms with van der Waals surface area (Å²) in [6.07, 6.45) is 7.20. The number of aromatic nitrogens is 5. The van der Waals surface area contributed by atoms with Crippen LogP contribution < -0.4 is 15.4 Å². The number of carbonyl (C=O) groups excluding carboxylic acids is 1. The first-order chi connectivity index (χ1) is 17.1. The van der Waals surface area contributed by atoms with Crippen molar-refractivity contribution in [1.82, 2.24) is 29.6 Å². The molecule has 2 aliphatic rings. The van der Waals surface area contributed by atoms with Crippen molar-refractivity contribution in [1.29, 1.82) is 0 Å². The topological polar surface area (TPSA) is 117 Å². The van der Waals surface area contributed by atoms with Crippen molar-refractivity contribution in [2.45, 2.75) is 25.0 Å². The Labute approximate surface area is 205 Å². The molecule has 2 atom stereocenters. The second-order valence-electron chi connectivity index (χ2n) is 8.61. The van der Waals surface area contributed by atoms with Gasteiger partial charge in [-0.1, -0.05) is 0 Å². The molecule has 0 bridgehead atoms. The molecule has 12 heteroatoms. The number of hydrogen-bond acceptors (Lipinski definition) is 9. The zero-order valence-electron chi connectivity index (χ0n) is 19.1. The Morgan fingerprint density at radius 1 is 1.23 bits per heavy atom. The molecule has 35 heavy (non-hydrogen) atoms. The Bertz CT molecular complexity index is 1350. The van der Waals surface area contributed by atoms with Crippen LogP contribution in [-0.4, -0.2) is 68.8 Å². The molecule has 0 unspecified atom stereocenters. The number of ether oxygens (including phenoxy) is 3. The third-order valence-corrected chi connectivity index (χ3v) is 6.84. The second-order valence-corrected chi connectivity index (χ2v) is 9.52. The first-order valence-corrected chi connectivity index (χ1v) is 12.4. The maximum atomic E-state index is 12.6. The molecule has 6 heterocycles. The van der Waals surface area contributed by atoms with Gasteiger partial charge in [0.15, 0.2) is 0 Å². The summed E-state index contributed by atoms with van der Waals surface area (Å²) in [5, 5.41) is 13.1. The first-order valence-electron chi connectivity index (χ1n) is 11.5. The summed E-state index contributed by atoms with van der Waals surface area (Å²) < 4.78 is 20.8. The monoisotopic (exact) mass is 495 g/mol. The van der Waals surface area contributed by atoms with Gasteiger partial charge in [-0.3, -0.25) is 9.48 Å². The lowest BCUT2D eigenvalue weighted by atomic mass is 10.2. The summed E-state index contributed by atoms with van der Waals surface area (Å²) in [6, 6.07) is 3.78. The molecule has 0 saturated carbocycles. The highest BCUT2D eigenvalue weighted by Gasteiger charge is 2.23. The Kier molecular flexibility index (Phi) is 5.84. The zero-order valence-corrected chi connectivity index (χ0v) is 20.0. The van der Waals surface area contributed by atoms with Crippen molar-refractivity contribution < 1.29 is 19.0 Å². The third-order valence-electron chi connectivity index (χ3n) is 6.00. The van der Waals surface area contributed by atoms with E-state index >= 15 is 0 Å². The molecule has 0 aliphatic carbocycles. The van der Waals surface area contributed by atoms with Crippen LogP contribution in [0, 0.1) is 0 Å². The Balaban J connectivity index is 1.28. The summed E-state index contributed by atoms with van der Waals surface area (Å²) >= 11 is 1.42. The first kappa shape index (κ1) is 22.0. The summed E-state index contributed by atoms with van der Waals surface area (Å²) in [5.74, 6) is 0.755. The highest BCUT2D eigenvalue weighted by Crippen LogP contribution is 2.31. The van der Waals surface area contributed by atoms with E-state index in [9.17, 15) is 4.79 Å². The molecular weight excluding hydrogens is 470 g/mol. The second kappa shape index (κ2) is 9.29. The average Bonchev–Trinajstić information content (AvgIpc) is 3.65. The number of aryl methyl sites for hydroxylation is 1. The molecule has 6 rings (SSSR count). The standard InChI is InChI=1S/C23H25N7O4S/c1-29-10-16(9-24-29)30-5-2-18-20(30)22(34-17-4-7-33-12-17)28-23(26-18)27-19-8-14(13-35-19)21(31)25-15-3-6-32-11-15/h2,5,8-10,13,15,17H,3-4,6-7,11-12H2,1H3,(H,25,31)(H,26,27,28)/t15-,17+/m1/s1. The van der Waals surface area contributed by atoms with Crippen LogP contribution in [0.3, 0.4) is 0 Å².